The lowest BCUT2D eigenvalue weighted by Crippen LogP contribution is -2.26. The Bertz CT molecular complexity index is 1070. The molecule has 0 amide bonds. The topological polar surface area (TPSA) is 109 Å². The summed E-state index contributed by atoms with van der Waals surface area (Å²) < 4.78 is 42.7. The van der Waals surface area contributed by atoms with E-state index >= 15 is 0 Å². The van der Waals surface area contributed by atoms with Gasteiger partial charge in [-0.3, -0.25) is 0 Å². The Morgan fingerprint density at radius 3 is 2.10 bits per heavy atom. The van der Waals surface area contributed by atoms with Gasteiger partial charge in [0.05, 0.1) is 16.3 Å². The van der Waals surface area contributed by atoms with Gasteiger partial charge in [0, 0.05) is 11.6 Å². The van der Waals surface area contributed by atoms with Crippen LogP contribution < -0.4 is 17.2 Å². The lowest BCUT2D eigenvalue weighted by Gasteiger charge is -2.27. The first-order valence-corrected chi connectivity index (χ1v) is 9.42. The van der Waals surface area contributed by atoms with Crippen molar-refractivity contribution in [1.82, 2.24) is 14.8 Å². The molecule has 3 aromatic rings. The molecule has 2 aromatic carbocycles. The largest absolute Gasteiger partial charge is 0.417 e. The molecule has 6 N–H and O–H groups in total. The van der Waals surface area contributed by atoms with Gasteiger partial charge in [-0.2, -0.15) is 22.8 Å². The summed E-state index contributed by atoms with van der Waals surface area (Å²) >= 11 is 6.30. The van der Waals surface area contributed by atoms with Gasteiger partial charge >= 0.3 is 6.18 Å². The highest BCUT2D eigenvalue weighted by atomic mass is 35.5. The Hall–Kier alpha value is -2.78. The molecule has 30 heavy (non-hydrogen) atoms. The smallest absolute Gasteiger partial charge is 0.368 e. The van der Waals surface area contributed by atoms with Gasteiger partial charge in [-0.05, 0) is 28.7 Å². The van der Waals surface area contributed by atoms with Gasteiger partial charge in [0.25, 0.3) is 0 Å². The molecule has 1 unspecified atom stereocenters. The minimum absolute atomic E-state index is 0.00384. The van der Waals surface area contributed by atoms with Crippen LogP contribution in [0.25, 0.3) is 16.8 Å². The Morgan fingerprint density at radius 1 is 1.03 bits per heavy atom. The second kappa shape index (κ2) is 7.48. The van der Waals surface area contributed by atoms with Crippen LogP contribution in [0.4, 0.5) is 25.1 Å². The highest BCUT2D eigenvalue weighted by Gasteiger charge is 2.36. The fraction of sp³-hybridized carbons (Fsp3) is 0.300. The van der Waals surface area contributed by atoms with E-state index in [-0.39, 0.29) is 39.6 Å². The normalized spacial score (nSPS) is 13.5. The van der Waals surface area contributed by atoms with Crippen LogP contribution in [0.1, 0.15) is 37.9 Å². The number of rotatable bonds is 3. The van der Waals surface area contributed by atoms with E-state index in [1.165, 1.54) is 6.07 Å². The summed E-state index contributed by atoms with van der Waals surface area (Å²) in [5.41, 5.74) is 17.3. The van der Waals surface area contributed by atoms with Gasteiger partial charge in [0.15, 0.2) is 0 Å². The first kappa shape index (κ1) is 21.9. The second-order valence-electron chi connectivity index (χ2n) is 8.05. The molecular weight excluding hydrogens is 417 g/mol. The lowest BCUT2D eigenvalue weighted by atomic mass is 9.82. The fourth-order valence-corrected chi connectivity index (χ4v) is 3.44. The number of benzene rings is 2. The maximum absolute atomic E-state index is 13.9. The zero-order valence-electron chi connectivity index (χ0n) is 16.6. The number of aromatic nitrogens is 3. The van der Waals surface area contributed by atoms with Crippen LogP contribution >= 0.6 is 11.6 Å². The molecule has 0 radical (unpaired) electrons. The van der Waals surface area contributed by atoms with Gasteiger partial charge in [0.2, 0.25) is 11.9 Å². The fourth-order valence-electron chi connectivity index (χ4n) is 3.12. The maximum atomic E-state index is 13.9. The van der Waals surface area contributed by atoms with E-state index in [9.17, 15) is 13.2 Å². The third kappa shape index (κ3) is 4.22. The molecule has 0 aliphatic carbocycles. The minimum atomic E-state index is -4.67. The summed E-state index contributed by atoms with van der Waals surface area (Å²) in [6.45, 7) is 5.97. The number of alkyl halides is 3. The first-order valence-electron chi connectivity index (χ1n) is 9.04. The molecular formula is C20H22ClF3N6. The van der Waals surface area contributed by atoms with Crippen molar-refractivity contribution >= 4 is 23.5 Å². The number of hydrogen-bond donors (Lipinski definition) is 3. The monoisotopic (exact) mass is 438 g/mol. The summed E-state index contributed by atoms with van der Waals surface area (Å²) in [7, 11) is 0. The highest BCUT2D eigenvalue weighted by molar-refractivity contribution is 6.33. The Morgan fingerprint density at radius 2 is 1.63 bits per heavy atom. The molecule has 3 rings (SSSR count). The minimum Gasteiger partial charge on any atom is -0.368 e. The number of nitrogens with two attached hydrogens (primary N) is 3. The van der Waals surface area contributed by atoms with E-state index in [0.29, 0.717) is 5.56 Å². The standard InChI is InChI=1S/C20H22ClF3N6/c1-19(2,3)16(25)11-6-4-10(5-7-11)15-13(20(22,23)24)8-12(9-14(15)21)30-18(27)28-17(26)29-30/h4-9,16H,25H2,1-3H3,(H4,26,27,28,29). The number of hydrogen-bond acceptors (Lipinski definition) is 5. The van der Waals surface area contributed by atoms with Crippen molar-refractivity contribution in [3.63, 3.8) is 0 Å². The third-order valence-electron chi connectivity index (χ3n) is 4.77. The number of nitrogens with zero attached hydrogens (tertiary/aromatic N) is 3. The molecule has 0 aliphatic rings. The van der Waals surface area contributed by atoms with Crippen LogP contribution in [0.15, 0.2) is 36.4 Å². The molecule has 0 spiro atoms. The van der Waals surface area contributed by atoms with Crippen molar-refractivity contribution in [2.75, 3.05) is 11.5 Å². The van der Waals surface area contributed by atoms with Crippen LogP contribution in [0.5, 0.6) is 0 Å². The summed E-state index contributed by atoms with van der Waals surface area (Å²) in [5, 5.41) is 3.71. The zero-order valence-corrected chi connectivity index (χ0v) is 17.4. The maximum Gasteiger partial charge on any atom is 0.417 e. The predicted molar refractivity (Wildman–Crippen MR) is 112 cm³/mol. The van der Waals surface area contributed by atoms with E-state index in [0.717, 1.165) is 16.3 Å². The summed E-state index contributed by atoms with van der Waals surface area (Å²) in [5.74, 6) is -0.308. The summed E-state index contributed by atoms with van der Waals surface area (Å²) in [4.78, 5) is 3.71. The van der Waals surface area contributed by atoms with Gasteiger partial charge < -0.3 is 17.2 Å². The zero-order chi connectivity index (χ0) is 22.4. The SMILES string of the molecule is CC(C)(C)C(N)c1ccc(-c2c(Cl)cc(-n3nc(N)nc3N)cc2C(F)(F)F)cc1. The molecule has 0 saturated carbocycles. The van der Waals surface area contributed by atoms with Gasteiger partial charge in [-0.25, -0.2) is 0 Å². The molecule has 160 valence electrons. The van der Waals surface area contributed by atoms with Gasteiger partial charge in [0.1, 0.15) is 0 Å². The van der Waals surface area contributed by atoms with Crippen molar-refractivity contribution in [1.29, 1.82) is 0 Å². The second-order valence-corrected chi connectivity index (χ2v) is 8.46. The number of halogens is 4. The van der Waals surface area contributed by atoms with Crippen LogP contribution in [0, 0.1) is 5.41 Å². The van der Waals surface area contributed by atoms with Crippen molar-refractivity contribution < 1.29 is 13.2 Å². The third-order valence-corrected chi connectivity index (χ3v) is 5.06. The van der Waals surface area contributed by atoms with E-state index in [1.54, 1.807) is 24.3 Å². The molecule has 1 heterocycles. The van der Waals surface area contributed by atoms with E-state index in [1.807, 2.05) is 20.8 Å². The van der Waals surface area contributed by atoms with E-state index in [4.69, 9.17) is 28.8 Å². The van der Waals surface area contributed by atoms with Crippen molar-refractivity contribution in [2.24, 2.45) is 11.1 Å². The van der Waals surface area contributed by atoms with Gasteiger partial charge in [-0.15, -0.1) is 5.10 Å². The Labute approximate surface area is 176 Å². The van der Waals surface area contributed by atoms with Gasteiger partial charge in [-0.1, -0.05) is 56.6 Å². The average Bonchev–Trinajstić information content (AvgIpc) is 2.97. The van der Waals surface area contributed by atoms with Crippen molar-refractivity contribution in [2.45, 2.75) is 33.0 Å². The van der Waals surface area contributed by atoms with Crippen LogP contribution in [0.3, 0.4) is 0 Å². The molecule has 10 heteroatoms. The first-order chi connectivity index (χ1) is 13.8. The van der Waals surface area contributed by atoms with Crippen molar-refractivity contribution in [3.8, 4) is 16.8 Å². The Balaban J connectivity index is 2.14. The van der Waals surface area contributed by atoms with Crippen LogP contribution in [-0.2, 0) is 6.18 Å². The van der Waals surface area contributed by atoms with E-state index < -0.39 is 11.7 Å². The molecule has 0 aliphatic heterocycles. The molecule has 0 fully saturated rings. The van der Waals surface area contributed by atoms with Crippen molar-refractivity contribution in [3.05, 3.63) is 52.5 Å². The molecule has 6 nitrogen and oxygen atoms in total. The lowest BCUT2D eigenvalue weighted by molar-refractivity contribution is -0.137. The van der Waals surface area contributed by atoms with Crippen LogP contribution in [0.2, 0.25) is 5.02 Å². The number of nitrogen functional groups attached to an aromatic ring is 2. The quantitative estimate of drug-likeness (QED) is 0.543. The molecule has 1 aromatic heterocycles. The molecule has 0 saturated heterocycles. The highest BCUT2D eigenvalue weighted by Crippen LogP contribution is 2.43. The predicted octanol–water partition coefficient (Wildman–Crippen LogP) is 4.82. The Kier molecular flexibility index (Phi) is 5.46. The molecule has 0 bridgehead atoms. The summed E-state index contributed by atoms with van der Waals surface area (Å²) in [6.07, 6.45) is -4.67. The molecule has 1 atom stereocenters. The van der Waals surface area contributed by atoms with E-state index in [2.05, 4.69) is 10.1 Å². The summed E-state index contributed by atoms with van der Waals surface area (Å²) in [6, 6.07) is 8.58. The number of anilines is 2. The average molecular weight is 439 g/mol. The van der Waals surface area contributed by atoms with Crippen LogP contribution in [-0.4, -0.2) is 14.8 Å².